The van der Waals surface area contributed by atoms with E-state index in [0.717, 1.165) is 0 Å². The van der Waals surface area contributed by atoms with E-state index in [4.69, 9.17) is 23.2 Å². The number of nitrogens with one attached hydrogen (secondary N) is 1. The molecule has 0 unspecified atom stereocenters. The van der Waals surface area contributed by atoms with E-state index in [1.54, 1.807) is 6.20 Å². The van der Waals surface area contributed by atoms with Crippen molar-refractivity contribution in [2.75, 3.05) is 0 Å². The van der Waals surface area contributed by atoms with Crippen LogP contribution in [0.25, 0.3) is 11.3 Å². The summed E-state index contributed by atoms with van der Waals surface area (Å²) in [5.74, 6) is -0.516. The van der Waals surface area contributed by atoms with Crippen LogP contribution in [0, 0.1) is 5.82 Å². The van der Waals surface area contributed by atoms with Crippen LogP contribution in [0.15, 0.2) is 22.8 Å². The smallest absolute Gasteiger partial charge is 0.142 e. The average molecular weight is 310 g/mol. The quantitative estimate of drug-likeness (QED) is 0.782. The molecule has 0 saturated heterocycles. The van der Waals surface area contributed by atoms with E-state index in [-0.39, 0.29) is 5.02 Å². The van der Waals surface area contributed by atoms with E-state index in [2.05, 4.69) is 26.1 Å². The largest absolute Gasteiger partial charge is 0.277 e. The van der Waals surface area contributed by atoms with Crippen molar-refractivity contribution in [2.45, 2.75) is 0 Å². The highest BCUT2D eigenvalue weighted by molar-refractivity contribution is 9.10. The fraction of sp³-hybridized carbons (Fsp3) is 0. The molecule has 2 aromatic rings. The Morgan fingerprint density at radius 3 is 2.60 bits per heavy atom. The number of halogens is 4. The lowest BCUT2D eigenvalue weighted by atomic mass is 10.1. The maximum absolute atomic E-state index is 13.2. The van der Waals surface area contributed by atoms with Crippen molar-refractivity contribution >= 4 is 39.1 Å². The summed E-state index contributed by atoms with van der Waals surface area (Å²) in [6.45, 7) is 0. The summed E-state index contributed by atoms with van der Waals surface area (Å²) in [6.07, 6.45) is 1.57. The number of aromatic nitrogens is 2. The van der Waals surface area contributed by atoms with Gasteiger partial charge in [0.15, 0.2) is 0 Å². The second-order valence-electron chi connectivity index (χ2n) is 2.84. The van der Waals surface area contributed by atoms with Crippen LogP contribution in [0.1, 0.15) is 0 Å². The SMILES string of the molecule is Fc1cc(-c2[nH]ncc2Br)c(Cl)cc1Cl. The first-order valence-electron chi connectivity index (χ1n) is 3.93. The topological polar surface area (TPSA) is 28.7 Å². The van der Waals surface area contributed by atoms with Crippen molar-refractivity contribution in [2.24, 2.45) is 0 Å². The summed E-state index contributed by atoms with van der Waals surface area (Å²) in [7, 11) is 0. The molecule has 2 rings (SSSR count). The van der Waals surface area contributed by atoms with Gasteiger partial charge in [0.05, 0.1) is 26.4 Å². The molecule has 0 fully saturated rings. The molecule has 0 amide bonds. The Morgan fingerprint density at radius 2 is 2.00 bits per heavy atom. The first-order chi connectivity index (χ1) is 7.09. The predicted molar refractivity (Wildman–Crippen MR) is 61.7 cm³/mol. The minimum Gasteiger partial charge on any atom is -0.277 e. The zero-order valence-electron chi connectivity index (χ0n) is 7.19. The zero-order chi connectivity index (χ0) is 11.0. The summed E-state index contributed by atoms with van der Waals surface area (Å²) in [6, 6.07) is 2.63. The normalized spacial score (nSPS) is 10.7. The van der Waals surface area contributed by atoms with Crippen LogP contribution < -0.4 is 0 Å². The van der Waals surface area contributed by atoms with Gasteiger partial charge in [-0.3, -0.25) is 5.10 Å². The van der Waals surface area contributed by atoms with E-state index in [1.165, 1.54) is 12.1 Å². The molecule has 0 atom stereocenters. The van der Waals surface area contributed by atoms with Crippen LogP contribution in [-0.4, -0.2) is 10.2 Å². The molecular weight excluding hydrogens is 306 g/mol. The van der Waals surface area contributed by atoms with Gasteiger partial charge < -0.3 is 0 Å². The molecular formula is C9H4BrCl2FN2. The zero-order valence-corrected chi connectivity index (χ0v) is 10.3. The molecule has 78 valence electrons. The van der Waals surface area contributed by atoms with Gasteiger partial charge in [-0.05, 0) is 28.1 Å². The van der Waals surface area contributed by atoms with Gasteiger partial charge in [-0.15, -0.1) is 0 Å². The van der Waals surface area contributed by atoms with Crippen molar-refractivity contribution < 1.29 is 4.39 Å². The van der Waals surface area contributed by atoms with E-state index in [9.17, 15) is 4.39 Å². The molecule has 1 heterocycles. The minimum absolute atomic E-state index is 0.000567. The Balaban J connectivity index is 2.64. The number of nitrogens with zero attached hydrogens (tertiary/aromatic N) is 1. The number of rotatable bonds is 1. The van der Waals surface area contributed by atoms with Gasteiger partial charge in [0.2, 0.25) is 0 Å². The van der Waals surface area contributed by atoms with E-state index >= 15 is 0 Å². The number of hydrogen-bond acceptors (Lipinski definition) is 1. The van der Waals surface area contributed by atoms with Crippen LogP contribution in [0.5, 0.6) is 0 Å². The molecule has 1 N–H and O–H groups in total. The van der Waals surface area contributed by atoms with Crippen LogP contribution in [0.4, 0.5) is 4.39 Å². The standard InChI is InChI=1S/C9H4BrCl2FN2/c10-5-3-14-15-9(5)4-1-8(13)7(12)2-6(4)11/h1-3H,(H,14,15). The molecule has 6 heteroatoms. The number of aromatic amines is 1. The fourth-order valence-corrected chi connectivity index (χ4v) is 2.06. The molecule has 1 aromatic carbocycles. The Morgan fingerprint density at radius 1 is 1.27 bits per heavy atom. The third-order valence-electron chi connectivity index (χ3n) is 1.87. The summed E-state index contributed by atoms with van der Waals surface area (Å²) in [5.41, 5.74) is 1.14. The van der Waals surface area contributed by atoms with E-state index in [0.29, 0.717) is 20.8 Å². The van der Waals surface area contributed by atoms with Gasteiger partial charge in [0.1, 0.15) is 5.82 Å². The fourth-order valence-electron chi connectivity index (χ4n) is 1.17. The van der Waals surface area contributed by atoms with Crippen molar-refractivity contribution in [1.82, 2.24) is 10.2 Å². The van der Waals surface area contributed by atoms with Gasteiger partial charge in [-0.1, -0.05) is 23.2 Å². The first-order valence-corrected chi connectivity index (χ1v) is 5.48. The second kappa shape index (κ2) is 4.12. The highest BCUT2D eigenvalue weighted by Crippen LogP contribution is 2.34. The molecule has 0 spiro atoms. The van der Waals surface area contributed by atoms with Crippen molar-refractivity contribution in [1.29, 1.82) is 0 Å². The van der Waals surface area contributed by atoms with Gasteiger partial charge in [0.25, 0.3) is 0 Å². The summed E-state index contributed by atoms with van der Waals surface area (Å²) < 4.78 is 14.0. The molecule has 0 aliphatic carbocycles. The van der Waals surface area contributed by atoms with Gasteiger partial charge >= 0.3 is 0 Å². The Labute approximate surface area is 104 Å². The maximum atomic E-state index is 13.2. The molecule has 0 radical (unpaired) electrons. The summed E-state index contributed by atoms with van der Waals surface area (Å²) >= 11 is 14.8. The molecule has 0 saturated carbocycles. The summed E-state index contributed by atoms with van der Waals surface area (Å²) in [4.78, 5) is 0. The number of H-pyrrole nitrogens is 1. The van der Waals surface area contributed by atoms with Gasteiger partial charge in [-0.2, -0.15) is 5.10 Å². The highest BCUT2D eigenvalue weighted by Gasteiger charge is 2.12. The third kappa shape index (κ3) is 2.02. The molecule has 2 nitrogen and oxygen atoms in total. The van der Waals surface area contributed by atoms with Crippen molar-refractivity contribution in [3.8, 4) is 11.3 Å². The van der Waals surface area contributed by atoms with E-state index < -0.39 is 5.82 Å². The monoisotopic (exact) mass is 308 g/mol. The Kier molecular flexibility index (Phi) is 3.00. The van der Waals surface area contributed by atoms with Crippen LogP contribution in [-0.2, 0) is 0 Å². The highest BCUT2D eigenvalue weighted by atomic mass is 79.9. The average Bonchev–Trinajstić information content (AvgIpc) is 2.58. The molecule has 0 aliphatic heterocycles. The van der Waals surface area contributed by atoms with Crippen LogP contribution >= 0.6 is 39.1 Å². The Hall–Kier alpha value is -0.580. The van der Waals surface area contributed by atoms with E-state index in [1.807, 2.05) is 0 Å². The van der Waals surface area contributed by atoms with Gasteiger partial charge in [-0.25, -0.2) is 4.39 Å². The van der Waals surface area contributed by atoms with Crippen LogP contribution in [0.3, 0.4) is 0 Å². The number of benzene rings is 1. The molecule has 0 bridgehead atoms. The lowest BCUT2D eigenvalue weighted by molar-refractivity contribution is 0.628. The molecule has 15 heavy (non-hydrogen) atoms. The maximum Gasteiger partial charge on any atom is 0.142 e. The minimum atomic E-state index is -0.516. The van der Waals surface area contributed by atoms with Crippen molar-refractivity contribution in [3.63, 3.8) is 0 Å². The van der Waals surface area contributed by atoms with Crippen molar-refractivity contribution in [3.05, 3.63) is 38.7 Å². The van der Waals surface area contributed by atoms with Gasteiger partial charge in [0, 0.05) is 5.56 Å². The predicted octanol–water partition coefficient (Wildman–Crippen LogP) is 4.29. The molecule has 1 aromatic heterocycles. The Bertz CT molecular complexity index is 513. The number of hydrogen-bond donors (Lipinski definition) is 1. The third-order valence-corrected chi connectivity index (χ3v) is 3.08. The second-order valence-corrected chi connectivity index (χ2v) is 4.51. The summed E-state index contributed by atoms with van der Waals surface area (Å²) in [5, 5.41) is 6.89. The molecule has 0 aliphatic rings. The lowest BCUT2D eigenvalue weighted by Gasteiger charge is -2.03. The first kappa shape index (κ1) is 10.9. The lowest BCUT2D eigenvalue weighted by Crippen LogP contribution is -1.85. The van der Waals surface area contributed by atoms with Crippen LogP contribution in [0.2, 0.25) is 10.0 Å².